The molecular weight excluding hydrogens is 306 g/mol. The van der Waals surface area contributed by atoms with E-state index in [4.69, 9.17) is 4.74 Å². The zero-order valence-corrected chi connectivity index (χ0v) is 14.2. The van der Waals surface area contributed by atoms with Gasteiger partial charge in [-0.1, -0.05) is 0 Å². The minimum absolute atomic E-state index is 0.0375. The predicted octanol–water partition coefficient (Wildman–Crippen LogP) is 2.01. The Bertz CT molecular complexity index is 548. The molecule has 5 nitrogen and oxygen atoms in total. The smallest absolute Gasteiger partial charge is 0.311 e. The van der Waals surface area contributed by atoms with Crippen LogP contribution < -0.4 is 0 Å². The van der Waals surface area contributed by atoms with E-state index < -0.39 is 11.4 Å². The standard InChI is InChI=1S/C19H27NO4/c21-17(16-13-4-11-3-12(6-13)7-14(16)5-11)20-8-15-9-24-2-1-19(15,10-20)18(22)23/h11-16H,1-10H2,(H,22,23)/t11?,12?,13?,14?,15-,16?,19+/m0/s1. The fourth-order valence-electron chi connectivity index (χ4n) is 7.01. The maximum Gasteiger partial charge on any atom is 0.311 e. The van der Waals surface area contributed by atoms with Crippen molar-refractivity contribution in [1.29, 1.82) is 0 Å². The average Bonchev–Trinajstić information content (AvgIpc) is 2.94. The van der Waals surface area contributed by atoms with Gasteiger partial charge >= 0.3 is 5.97 Å². The molecule has 1 N–H and O–H groups in total. The molecule has 6 rings (SSSR count). The van der Waals surface area contributed by atoms with E-state index >= 15 is 0 Å². The third-order valence-electron chi connectivity index (χ3n) is 7.96. The van der Waals surface area contributed by atoms with Crippen LogP contribution in [-0.2, 0) is 14.3 Å². The quantitative estimate of drug-likeness (QED) is 0.839. The van der Waals surface area contributed by atoms with Crippen LogP contribution in [0.2, 0.25) is 0 Å². The van der Waals surface area contributed by atoms with Crippen molar-refractivity contribution in [2.45, 2.75) is 38.5 Å². The third kappa shape index (κ3) is 2.03. The Morgan fingerprint density at radius 3 is 2.29 bits per heavy atom. The van der Waals surface area contributed by atoms with Crippen LogP contribution in [0.15, 0.2) is 0 Å². The molecule has 24 heavy (non-hydrogen) atoms. The summed E-state index contributed by atoms with van der Waals surface area (Å²) in [6.45, 7) is 1.96. The number of carboxylic acids is 1. The molecule has 132 valence electrons. The summed E-state index contributed by atoms with van der Waals surface area (Å²) in [5.74, 6) is 2.50. The minimum Gasteiger partial charge on any atom is -0.481 e. The molecule has 0 aromatic rings. The first-order chi connectivity index (χ1) is 11.6. The maximum atomic E-state index is 13.3. The van der Waals surface area contributed by atoms with E-state index in [1.165, 1.54) is 32.1 Å². The molecule has 2 heterocycles. The number of nitrogens with zero attached hydrogens (tertiary/aromatic N) is 1. The summed E-state index contributed by atoms with van der Waals surface area (Å²) in [5.41, 5.74) is -0.764. The normalized spacial score (nSPS) is 49.2. The first kappa shape index (κ1) is 15.2. The van der Waals surface area contributed by atoms with E-state index in [-0.39, 0.29) is 17.7 Å². The molecule has 0 spiro atoms. The Kier molecular flexibility index (Phi) is 3.29. The second-order valence-corrected chi connectivity index (χ2v) is 9.16. The Balaban J connectivity index is 1.37. The molecule has 4 bridgehead atoms. The van der Waals surface area contributed by atoms with Gasteiger partial charge in [-0.3, -0.25) is 9.59 Å². The summed E-state index contributed by atoms with van der Waals surface area (Å²) in [6.07, 6.45) is 6.85. The zero-order chi connectivity index (χ0) is 16.5. The van der Waals surface area contributed by atoms with Crippen molar-refractivity contribution in [3.63, 3.8) is 0 Å². The molecule has 0 radical (unpaired) electrons. The molecule has 1 amide bonds. The SMILES string of the molecule is O=C(C1C2CC3CC(C2)CC1C3)N1C[C@H]2COCC[C@@]2(C(=O)O)C1. The molecule has 4 saturated carbocycles. The summed E-state index contributed by atoms with van der Waals surface area (Å²) >= 11 is 0. The Morgan fingerprint density at radius 1 is 1.04 bits per heavy atom. The Morgan fingerprint density at radius 2 is 1.71 bits per heavy atom. The number of carboxylic acid groups (broad SMARTS) is 1. The van der Waals surface area contributed by atoms with Gasteiger partial charge in [0.1, 0.15) is 0 Å². The van der Waals surface area contributed by atoms with E-state index in [1.807, 2.05) is 4.90 Å². The van der Waals surface area contributed by atoms with Gasteiger partial charge in [0.2, 0.25) is 5.91 Å². The molecule has 2 atom stereocenters. The number of aliphatic carboxylic acids is 1. The van der Waals surface area contributed by atoms with Gasteiger partial charge in [0.25, 0.3) is 0 Å². The number of carbonyl (C=O) groups excluding carboxylic acids is 1. The van der Waals surface area contributed by atoms with Gasteiger partial charge in [0.15, 0.2) is 0 Å². The molecule has 2 saturated heterocycles. The van der Waals surface area contributed by atoms with Gasteiger partial charge in [-0.25, -0.2) is 0 Å². The fraction of sp³-hybridized carbons (Fsp3) is 0.895. The number of amides is 1. The maximum absolute atomic E-state index is 13.3. The van der Waals surface area contributed by atoms with Gasteiger partial charge in [0.05, 0.1) is 12.0 Å². The molecule has 0 unspecified atom stereocenters. The molecular formula is C19H27NO4. The molecule has 0 aromatic carbocycles. The van der Waals surface area contributed by atoms with E-state index in [0.29, 0.717) is 44.6 Å². The van der Waals surface area contributed by atoms with Crippen LogP contribution in [0.5, 0.6) is 0 Å². The minimum atomic E-state index is -0.764. The van der Waals surface area contributed by atoms with Gasteiger partial charge in [-0.05, 0) is 62.2 Å². The summed E-state index contributed by atoms with van der Waals surface area (Å²) in [5, 5.41) is 9.82. The summed E-state index contributed by atoms with van der Waals surface area (Å²) in [6, 6.07) is 0. The number of carbonyl (C=O) groups is 2. The van der Waals surface area contributed by atoms with Crippen molar-refractivity contribution in [2.75, 3.05) is 26.3 Å². The lowest BCUT2D eigenvalue weighted by Crippen LogP contribution is -2.52. The van der Waals surface area contributed by atoms with Gasteiger partial charge < -0.3 is 14.7 Å². The summed E-state index contributed by atoms with van der Waals surface area (Å²) < 4.78 is 5.53. The van der Waals surface area contributed by atoms with Crippen LogP contribution in [0.4, 0.5) is 0 Å². The largest absolute Gasteiger partial charge is 0.481 e. The highest BCUT2D eigenvalue weighted by molar-refractivity contribution is 5.83. The lowest BCUT2D eigenvalue weighted by molar-refractivity contribution is -0.158. The highest BCUT2D eigenvalue weighted by Crippen LogP contribution is 2.57. The van der Waals surface area contributed by atoms with Crippen LogP contribution >= 0.6 is 0 Å². The van der Waals surface area contributed by atoms with Gasteiger partial charge in [-0.15, -0.1) is 0 Å². The Labute approximate surface area is 142 Å². The number of hydrogen-bond acceptors (Lipinski definition) is 3. The summed E-state index contributed by atoms with van der Waals surface area (Å²) in [4.78, 5) is 27.2. The third-order valence-corrected chi connectivity index (χ3v) is 7.96. The molecule has 2 aliphatic heterocycles. The number of hydrogen-bond donors (Lipinski definition) is 1. The molecule has 5 heteroatoms. The van der Waals surface area contributed by atoms with E-state index in [0.717, 1.165) is 11.8 Å². The van der Waals surface area contributed by atoms with Crippen LogP contribution in [0.3, 0.4) is 0 Å². The highest BCUT2D eigenvalue weighted by Gasteiger charge is 2.58. The van der Waals surface area contributed by atoms with Gasteiger partial charge in [-0.2, -0.15) is 0 Å². The van der Waals surface area contributed by atoms with Crippen LogP contribution in [0.1, 0.15) is 38.5 Å². The first-order valence-corrected chi connectivity index (χ1v) is 9.67. The predicted molar refractivity (Wildman–Crippen MR) is 86.1 cm³/mol. The molecule has 0 aromatic heterocycles. The van der Waals surface area contributed by atoms with Crippen molar-refractivity contribution in [2.24, 2.45) is 40.9 Å². The number of rotatable bonds is 2. The fourth-order valence-corrected chi connectivity index (χ4v) is 7.01. The van der Waals surface area contributed by atoms with Crippen LogP contribution in [0, 0.1) is 40.9 Å². The van der Waals surface area contributed by atoms with Crippen molar-refractivity contribution in [3.05, 3.63) is 0 Å². The topological polar surface area (TPSA) is 66.8 Å². The summed E-state index contributed by atoms with van der Waals surface area (Å²) in [7, 11) is 0. The molecule has 6 aliphatic rings. The van der Waals surface area contributed by atoms with Crippen molar-refractivity contribution < 1.29 is 19.4 Å². The van der Waals surface area contributed by atoms with Crippen LogP contribution in [0.25, 0.3) is 0 Å². The Hall–Kier alpha value is -1.10. The lowest BCUT2D eigenvalue weighted by Gasteiger charge is -2.54. The second-order valence-electron chi connectivity index (χ2n) is 9.16. The van der Waals surface area contributed by atoms with Crippen LogP contribution in [-0.4, -0.2) is 48.2 Å². The average molecular weight is 333 g/mol. The molecule has 4 aliphatic carbocycles. The molecule has 6 fully saturated rings. The lowest BCUT2D eigenvalue weighted by atomic mass is 9.51. The number of fused-ring (bicyclic) bond motifs is 1. The van der Waals surface area contributed by atoms with E-state index in [9.17, 15) is 14.7 Å². The monoisotopic (exact) mass is 333 g/mol. The van der Waals surface area contributed by atoms with Gasteiger partial charge in [0, 0.05) is 31.5 Å². The van der Waals surface area contributed by atoms with Crippen molar-refractivity contribution in [1.82, 2.24) is 4.90 Å². The zero-order valence-electron chi connectivity index (χ0n) is 14.2. The second kappa shape index (κ2) is 5.20. The van der Waals surface area contributed by atoms with Crippen molar-refractivity contribution >= 4 is 11.9 Å². The number of ether oxygens (including phenoxy) is 1. The first-order valence-electron chi connectivity index (χ1n) is 9.67. The van der Waals surface area contributed by atoms with E-state index in [1.54, 1.807) is 0 Å². The van der Waals surface area contributed by atoms with Crippen molar-refractivity contribution in [3.8, 4) is 0 Å². The van der Waals surface area contributed by atoms with E-state index in [2.05, 4.69) is 0 Å². The highest BCUT2D eigenvalue weighted by atomic mass is 16.5. The number of likely N-dealkylation sites (tertiary alicyclic amines) is 1.